The average molecular weight is 436 g/mol. The molecule has 0 bridgehead atoms. The minimum Gasteiger partial charge on any atom is -0.338 e. The number of nitrogens with zero attached hydrogens (tertiary/aromatic N) is 3. The zero-order valence-electron chi connectivity index (χ0n) is 18.2. The zero-order chi connectivity index (χ0) is 22.1. The maximum absolute atomic E-state index is 13.0. The molecule has 1 amide bonds. The summed E-state index contributed by atoms with van der Waals surface area (Å²) in [6.07, 6.45) is 2.06. The van der Waals surface area contributed by atoms with Gasteiger partial charge in [-0.15, -0.1) is 0 Å². The quantitative estimate of drug-likeness (QED) is 0.272. The summed E-state index contributed by atoms with van der Waals surface area (Å²) in [5.41, 5.74) is 3.03. The van der Waals surface area contributed by atoms with Gasteiger partial charge in [-0.3, -0.25) is 14.2 Å². The minimum absolute atomic E-state index is 0.0546. The topological polar surface area (TPSA) is 55.2 Å². The van der Waals surface area contributed by atoms with Crippen LogP contribution in [0.25, 0.3) is 0 Å². The van der Waals surface area contributed by atoms with Crippen LogP contribution < -0.4 is 5.56 Å². The lowest BCUT2D eigenvalue weighted by Gasteiger charge is -2.23. The number of thioether (sulfide) groups is 1. The van der Waals surface area contributed by atoms with Crippen LogP contribution in [0.3, 0.4) is 0 Å². The third kappa shape index (κ3) is 7.10. The van der Waals surface area contributed by atoms with Gasteiger partial charge in [-0.1, -0.05) is 72.4 Å². The molecule has 162 valence electrons. The van der Waals surface area contributed by atoms with Crippen LogP contribution in [0.4, 0.5) is 0 Å². The molecule has 0 saturated carbocycles. The molecular formula is C25H29N3O2S. The van der Waals surface area contributed by atoms with Crippen LogP contribution in [0.2, 0.25) is 0 Å². The van der Waals surface area contributed by atoms with E-state index in [0.717, 1.165) is 29.9 Å². The summed E-state index contributed by atoms with van der Waals surface area (Å²) in [4.78, 5) is 31.3. The molecule has 0 aliphatic rings. The molecule has 3 rings (SSSR count). The highest BCUT2D eigenvalue weighted by Crippen LogP contribution is 2.16. The molecule has 6 heteroatoms. The number of amides is 1. The first kappa shape index (κ1) is 22.8. The van der Waals surface area contributed by atoms with Crippen molar-refractivity contribution in [2.45, 2.75) is 37.9 Å². The van der Waals surface area contributed by atoms with E-state index < -0.39 is 0 Å². The van der Waals surface area contributed by atoms with E-state index in [0.29, 0.717) is 24.7 Å². The van der Waals surface area contributed by atoms with Crippen molar-refractivity contribution < 1.29 is 4.79 Å². The highest BCUT2D eigenvalue weighted by molar-refractivity contribution is 7.99. The van der Waals surface area contributed by atoms with Gasteiger partial charge in [0.15, 0.2) is 5.16 Å². The van der Waals surface area contributed by atoms with Crippen molar-refractivity contribution in [3.8, 4) is 0 Å². The number of aryl methyl sites for hydroxylation is 1. The Morgan fingerprint density at radius 1 is 1.03 bits per heavy atom. The van der Waals surface area contributed by atoms with Crippen LogP contribution in [0, 0.1) is 6.92 Å². The summed E-state index contributed by atoms with van der Waals surface area (Å²) >= 11 is 1.52. The van der Waals surface area contributed by atoms with E-state index in [1.54, 1.807) is 11.6 Å². The lowest BCUT2D eigenvalue weighted by molar-refractivity contribution is -0.131. The van der Waals surface area contributed by atoms with E-state index >= 15 is 0 Å². The Labute approximate surface area is 188 Å². The summed E-state index contributed by atoms with van der Waals surface area (Å²) in [7, 11) is 1.73. The number of carbonyl (C=O) groups is 1. The van der Waals surface area contributed by atoms with Crippen LogP contribution in [0.15, 0.2) is 76.7 Å². The molecule has 0 aliphatic heterocycles. The lowest BCUT2D eigenvalue weighted by atomic mass is 10.1. The maximum atomic E-state index is 13.0. The first-order chi connectivity index (χ1) is 15.0. The Morgan fingerprint density at radius 2 is 1.68 bits per heavy atom. The van der Waals surface area contributed by atoms with Crippen molar-refractivity contribution in [3.63, 3.8) is 0 Å². The van der Waals surface area contributed by atoms with Crippen LogP contribution in [-0.2, 0) is 24.8 Å². The second kappa shape index (κ2) is 11.5. The zero-order valence-corrected chi connectivity index (χ0v) is 19.0. The Morgan fingerprint density at radius 3 is 2.35 bits per heavy atom. The maximum Gasteiger partial charge on any atom is 0.254 e. The molecule has 0 saturated heterocycles. The first-order valence-corrected chi connectivity index (χ1v) is 11.5. The number of hydrogen-bond acceptors (Lipinski definition) is 4. The standard InChI is InChI=1S/C25H29N3O2S/c1-20-18-24(30)27(2)25(26-20)31-17-9-14-23(29)28(19-22-12-7-4-8-13-22)16-15-21-10-5-3-6-11-21/h3-8,10-13,18H,9,14-17,19H2,1-2H3. The summed E-state index contributed by atoms with van der Waals surface area (Å²) in [6.45, 7) is 3.13. The molecule has 31 heavy (non-hydrogen) atoms. The molecule has 1 heterocycles. The van der Waals surface area contributed by atoms with E-state index in [-0.39, 0.29) is 11.5 Å². The molecular weight excluding hydrogens is 406 g/mol. The smallest absolute Gasteiger partial charge is 0.254 e. The van der Waals surface area contributed by atoms with Gasteiger partial charge in [-0.05, 0) is 30.9 Å². The molecule has 5 nitrogen and oxygen atoms in total. The summed E-state index contributed by atoms with van der Waals surface area (Å²) in [5.74, 6) is 0.902. The van der Waals surface area contributed by atoms with Gasteiger partial charge in [0.05, 0.1) is 0 Å². The molecule has 0 spiro atoms. The average Bonchev–Trinajstić information content (AvgIpc) is 2.78. The van der Waals surface area contributed by atoms with Gasteiger partial charge in [0, 0.05) is 44.1 Å². The SMILES string of the molecule is Cc1cc(=O)n(C)c(SCCCC(=O)N(CCc2ccccc2)Cc2ccccc2)n1. The second-order valence-corrected chi connectivity index (χ2v) is 8.63. The Kier molecular flexibility index (Phi) is 8.47. The number of hydrogen-bond donors (Lipinski definition) is 0. The van der Waals surface area contributed by atoms with Crippen LogP contribution in [0.1, 0.15) is 29.7 Å². The van der Waals surface area contributed by atoms with Gasteiger partial charge in [0.1, 0.15) is 0 Å². The van der Waals surface area contributed by atoms with Gasteiger partial charge >= 0.3 is 0 Å². The number of aromatic nitrogens is 2. The van der Waals surface area contributed by atoms with Gasteiger partial charge in [-0.25, -0.2) is 4.98 Å². The molecule has 0 fully saturated rings. The predicted octanol–water partition coefficient (Wildman–Crippen LogP) is 4.23. The third-order valence-corrected chi connectivity index (χ3v) is 6.19. The number of rotatable bonds is 10. The largest absolute Gasteiger partial charge is 0.338 e. The molecule has 0 radical (unpaired) electrons. The summed E-state index contributed by atoms with van der Waals surface area (Å²) < 4.78 is 1.56. The normalized spacial score (nSPS) is 10.8. The summed E-state index contributed by atoms with van der Waals surface area (Å²) in [5, 5.41) is 0.697. The Balaban J connectivity index is 1.56. The van der Waals surface area contributed by atoms with Crippen molar-refractivity contribution in [2.75, 3.05) is 12.3 Å². The third-order valence-electron chi connectivity index (χ3n) is 5.07. The van der Waals surface area contributed by atoms with Crippen molar-refractivity contribution in [1.82, 2.24) is 14.5 Å². The monoisotopic (exact) mass is 435 g/mol. The van der Waals surface area contributed by atoms with Crippen LogP contribution >= 0.6 is 11.8 Å². The highest BCUT2D eigenvalue weighted by atomic mass is 32.2. The molecule has 0 atom stereocenters. The second-order valence-electron chi connectivity index (χ2n) is 7.57. The molecule has 3 aromatic rings. The van der Waals surface area contributed by atoms with Crippen molar-refractivity contribution in [1.29, 1.82) is 0 Å². The highest BCUT2D eigenvalue weighted by Gasteiger charge is 2.14. The van der Waals surface area contributed by atoms with Gasteiger partial charge < -0.3 is 4.90 Å². The van der Waals surface area contributed by atoms with Crippen LogP contribution in [-0.4, -0.2) is 32.7 Å². The molecule has 2 aromatic carbocycles. The Hall–Kier alpha value is -2.86. The minimum atomic E-state index is -0.0546. The van der Waals surface area contributed by atoms with E-state index in [9.17, 15) is 9.59 Å². The van der Waals surface area contributed by atoms with Crippen molar-refractivity contribution >= 4 is 17.7 Å². The lowest BCUT2D eigenvalue weighted by Crippen LogP contribution is -2.32. The van der Waals surface area contributed by atoms with E-state index in [4.69, 9.17) is 0 Å². The van der Waals surface area contributed by atoms with E-state index in [1.807, 2.05) is 48.2 Å². The van der Waals surface area contributed by atoms with Crippen molar-refractivity contribution in [2.24, 2.45) is 7.05 Å². The fraction of sp³-hybridized carbons (Fsp3) is 0.320. The van der Waals surface area contributed by atoms with Crippen molar-refractivity contribution in [3.05, 3.63) is 93.9 Å². The van der Waals surface area contributed by atoms with Gasteiger partial charge in [0.2, 0.25) is 5.91 Å². The fourth-order valence-corrected chi connectivity index (χ4v) is 4.27. The Bertz CT molecular complexity index is 1040. The molecule has 0 N–H and O–H groups in total. The fourth-order valence-electron chi connectivity index (χ4n) is 3.31. The molecule has 1 aromatic heterocycles. The number of carbonyl (C=O) groups excluding carboxylic acids is 1. The predicted molar refractivity (Wildman–Crippen MR) is 126 cm³/mol. The van der Waals surface area contributed by atoms with Gasteiger partial charge in [0.25, 0.3) is 5.56 Å². The van der Waals surface area contributed by atoms with E-state index in [1.165, 1.54) is 23.4 Å². The first-order valence-electron chi connectivity index (χ1n) is 10.6. The summed E-state index contributed by atoms with van der Waals surface area (Å²) in [6, 6.07) is 21.9. The van der Waals surface area contributed by atoms with E-state index in [2.05, 4.69) is 29.2 Å². The van der Waals surface area contributed by atoms with Crippen LogP contribution in [0.5, 0.6) is 0 Å². The molecule has 0 unspecified atom stereocenters. The number of benzene rings is 2. The van der Waals surface area contributed by atoms with Gasteiger partial charge in [-0.2, -0.15) is 0 Å². The molecule has 0 aliphatic carbocycles.